The van der Waals surface area contributed by atoms with Gasteiger partial charge in [0.25, 0.3) is 0 Å². The zero-order valence-electron chi connectivity index (χ0n) is 6.97. The third kappa shape index (κ3) is 2.17. The van der Waals surface area contributed by atoms with Gasteiger partial charge in [0.15, 0.2) is 0 Å². The summed E-state index contributed by atoms with van der Waals surface area (Å²) >= 11 is 7.63. The van der Waals surface area contributed by atoms with E-state index in [1.54, 1.807) is 11.3 Å². The Morgan fingerprint density at radius 2 is 2.18 bits per heavy atom. The molecule has 0 N–H and O–H groups in total. The van der Waals surface area contributed by atoms with Crippen LogP contribution in [0, 0.1) is 6.92 Å². The topological polar surface area (TPSA) is 12.9 Å². The molecule has 0 amide bonds. The highest BCUT2D eigenvalue weighted by atomic mass is 35.5. The Morgan fingerprint density at radius 1 is 1.55 bits per heavy atom. The zero-order chi connectivity index (χ0) is 8.43. The minimum absolute atomic E-state index is 0.167. The lowest BCUT2D eigenvalue weighted by Crippen LogP contribution is -2.04. The standard InChI is InChI=1S/C8H12ClNS/c1-5-4-11-8(10-5)6(2)7(3)9/h4,6-7H,1-3H3. The van der Waals surface area contributed by atoms with Crippen LogP contribution in [0.4, 0.5) is 0 Å². The van der Waals surface area contributed by atoms with E-state index in [1.165, 1.54) is 0 Å². The van der Waals surface area contributed by atoms with Crippen LogP contribution in [0.25, 0.3) is 0 Å². The van der Waals surface area contributed by atoms with Crippen molar-refractivity contribution >= 4 is 22.9 Å². The van der Waals surface area contributed by atoms with E-state index >= 15 is 0 Å². The smallest absolute Gasteiger partial charge is 0.0970 e. The van der Waals surface area contributed by atoms with E-state index in [9.17, 15) is 0 Å². The molecule has 1 aromatic heterocycles. The minimum Gasteiger partial charge on any atom is -0.246 e. The Morgan fingerprint density at radius 3 is 2.55 bits per heavy atom. The van der Waals surface area contributed by atoms with Crippen LogP contribution in [0.5, 0.6) is 0 Å². The van der Waals surface area contributed by atoms with E-state index < -0.39 is 0 Å². The van der Waals surface area contributed by atoms with Crippen LogP contribution < -0.4 is 0 Å². The van der Waals surface area contributed by atoms with Crippen LogP contribution in [-0.2, 0) is 0 Å². The van der Waals surface area contributed by atoms with Gasteiger partial charge in [-0.3, -0.25) is 0 Å². The van der Waals surface area contributed by atoms with Gasteiger partial charge < -0.3 is 0 Å². The Bertz CT molecular complexity index is 232. The highest BCUT2D eigenvalue weighted by Crippen LogP contribution is 2.25. The van der Waals surface area contributed by atoms with Crippen LogP contribution in [0.2, 0.25) is 0 Å². The Kier molecular flexibility index (Phi) is 2.90. The Hall–Kier alpha value is -0.0800. The van der Waals surface area contributed by atoms with E-state index in [0.717, 1.165) is 10.7 Å². The number of rotatable bonds is 2. The lowest BCUT2D eigenvalue weighted by Gasteiger charge is -2.09. The van der Waals surface area contributed by atoms with Crippen molar-refractivity contribution < 1.29 is 0 Å². The molecule has 3 heteroatoms. The van der Waals surface area contributed by atoms with Gasteiger partial charge in [0.1, 0.15) is 0 Å². The summed E-state index contributed by atoms with van der Waals surface area (Å²) in [6.45, 7) is 6.12. The number of aryl methyl sites for hydroxylation is 1. The molecule has 11 heavy (non-hydrogen) atoms. The molecule has 0 aliphatic heterocycles. The Balaban J connectivity index is 2.76. The van der Waals surface area contributed by atoms with Gasteiger partial charge in [-0.2, -0.15) is 0 Å². The maximum Gasteiger partial charge on any atom is 0.0970 e. The third-order valence-electron chi connectivity index (χ3n) is 1.72. The SMILES string of the molecule is Cc1csc(C(C)C(C)Cl)n1. The molecule has 0 radical (unpaired) electrons. The van der Waals surface area contributed by atoms with Crippen LogP contribution in [0.3, 0.4) is 0 Å². The van der Waals surface area contributed by atoms with Crippen LogP contribution in [0.1, 0.15) is 30.5 Å². The molecule has 1 aromatic rings. The van der Waals surface area contributed by atoms with E-state index in [2.05, 4.69) is 17.3 Å². The van der Waals surface area contributed by atoms with Gasteiger partial charge in [0, 0.05) is 22.4 Å². The first-order valence-corrected chi connectivity index (χ1v) is 4.99. The summed E-state index contributed by atoms with van der Waals surface area (Å²) in [5.41, 5.74) is 1.09. The molecule has 1 nitrogen and oxygen atoms in total. The number of alkyl halides is 1. The second-order valence-corrected chi connectivity index (χ2v) is 4.37. The van der Waals surface area contributed by atoms with Crippen molar-refractivity contribution in [3.05, 3.63) is 16.1 Å². The predicted molar refractivity (Wildman–Crippen MR) is 50.6 cm³/mol. The summed E-state index contributed by atoms with van der Waals surface area (Å²) in [5.74, 6) is 0.371. The minimum atomic E-state index is 0.167. The summed E-state index contributed by atoms with van der Waals surface area (Å²) in [7, 11) is 0. The van der Waals surface area contributed by atoms with E-state index in [0.29, 0.717) is 5.92 Å². The summed E-state index contributed by atoms with van der Waals surface area (Å²) in [4.78, 5) is 4.37. The van der Waals surface area contributed by atoms with Gasteiger partial charge in [-0.15, -0.1) is 22.9 Å². The van der Waals surface area contributed by atoms with E-state index in [1.807, 2.05) is 13.8 Å². The summed E-state index contributed by atoms with van der Waals surface area (Å²) < 4.78 is 0. The van der Waals surface area contributed by atoms with Crippen molar-refractivity contribution in [3.8, 4) is 0 Å². The first-order chi connectivity index (χ1) is 5.11. The van der Waals surface area contributed by atoms with Gasteiger partial charge in [-0.25, -0.2) is 4.98 Å². The highest BCUT2D eigenvalue weighted by Gasteiger charge is 2.14. The van der Waals surface area contributed by atoms with Gasteiger partial charge in [0.05, 0.1) is 5.01 Å². The molecular weight excluding hydrogens is 178 g/mol. The number of hydrogen-bond donors (Lipinski definition) is 0. The Labute approximate surface area is 76.4 Å². The van der Waals surface area contributed by atoms with Crippen molar-refractivity contribution in [2.24, 2.45) is 0 Å². The molecular formula is C8H12ClNS. The molecule has 0 aromatic carbocycles. The largest absolute Gasteiger partial charge is 0.246 e. The number of halogens is 1. The van der Waals surface area contributed by atoms with Gasteiger partial charge in [-0.05, 0) is 13.8 Å². The first kappa shape index (κ1) is 9.01. The zero-order valence-corrected chi connectivity index (χ0v) is 8.54. The van der Waals surface area contributed by atoms with Crippen molar-refractivity contribution in [2.75, 3.05) is 0 Å². The normalized spacial score (nSPS) is 16.4. The number of hydrogen-bond acceptors (Lipinski definition) is 2. The van der Waals surface area contributed by atoms with Crippen LogP contribution in [-0.4, -0.2) is 10.4 Å². The lowest BCUT2D eigenvalue weighted by atomic mass is 10.1. The summed E-state index contributed by atoms with van der Waals surface area (Å²) in [6, 6.07) is 0. The monoisotopic (exact) mass is 189 g/mol. The predicted octanol–water partition coefficient (Wildman–Crippen LogP) is 3.18. The fourth-order valence-electron chi connectivity index (χ4n) is 0.778. The van der Waals surface area contributed by atoms with Crippen molar-refractivity contribution in [3.63, 3.8) is 0 Å². The molecule has 0 saturated heterocycles. The summed E-state index contributed by atoms with van der Waals surface area (Å²) in [5, 5.41) is 3.37. The molecule has 2 atom stereocenters. The third-order valence-corrected chi connectivity index (χ3v) is 3.26. The second-order valence-electron chi connectivity index (χ2n) is 2.79. The maximum atomic E-state index is 5.94. The lowest BCUT2D eigenvalue weighted by molar-refractivity contribution is 0.733. The van der Waals surface area contributed by atoms with Crippen molar-refractivity contribution in [2.45, 2.75) is 32.1 Å². The molecule has 0 saturated carbocycles. The number of thiazole rings is 1. The highest BCUT2D eigenvalue weighted by molar-refractivity contribution is 7.09. The number of nitrogens with zero attached hydrogens (tertiary/aromatic N) is 1. The van der Waals surface area contributed by atoms with Crippen LogP contribution >= 0.6 is 22.9 Å². The molecule has 0 aliphatic rings. The molecule has 0 spiro atoms. The van der Waals surface area contributed by atoms with Gasteiger partial charge in [0.2, 0.25) is 0 Å². The molecule has 0 bridgehead atoms. The maximum absolute atomic E-state index is 5.94. The van der Waals surface area contributed by atoms with Crippen molar-refractivity contribution in [1.82, 2.24) is 4.98 Å². The number of aromatic nitrogens is 1. The molecule has 0 fully saturated rings. The quantitative estimate of drug-likeness (QED) is 0.652. The molecule has 0 aliphatic carbocycles. The summed E-state index contributed by atoms with van der Waals surface area (Å²) in [6.07, 6.45) is 0. The fraction of sp³-hybridized carbons (Fsp3) is 0.625. The average molecular weight is 190 g/mol. The second kappa shape index (κ2) is 3.55. The van der Waals surface area contributed by atoms with Gasteiger partial charge >= 0.3 is 0 Å². The van der Waals surface area contributed by atoms with Crippen LogP contribution in [0.15, 0.2) is 5.38 Å². The van der Waals surface area contributed by atoms with E-state index in [-0.39, 0.29) is 5.38 Å². The van der Waals surface area contributed by atoms with E-state index in [4.69, 9.17) is 11.6 Å². The first-order valence-electron chi connectivity index (χ1n) is 3.67. The molecule has 62 valence electrons. The molecule has 2 unspecified atom stereocenters. The van der Waals surface area contributed by atoms with Gasteiger partial charge in [-0.1, -0.05) is 6.92 Å². The fourth-order valence-corrected chi connectivity index (χ4v) is 1.93. The molecule has 1 rings (SSSR count). The average Bonchev–Trinajstić information content (AvgIpc) is 2.34. The molecule has 1 heterocycles. The van der Waals surface area contributed by atoms with Crippen molar-refractivity contribution in [1.29, 1.82) is 0 Å².